The van der Waals surface area contributed by atoms with Crippen molar-refractivity contribution in [1.29, 1.82) is 0 Å². The molecule has 0 heterocycles. The highest BCUT2D eigenvalue weighted by Crippen LogP contribution is 2.34. The molecule has 0 aliphatic carbocycles. The van der Waals surface area contributed by atoms with E-state index >= 15 is 0 Å². The summed E-state index contributed by atoms with van der Waals surface area (Å²) in [7, 11) is 0. The Balaban J connectivity index is 2.22. The first-order valence-electron chi connectivity index (χ1n) is 6.72. The van der Waals surface area contributed by atoms with Crippen LogP contribution in [0.15, 0.2) is 40.9 Å². The minimum Gasteiger partial charge on any atom is -0.456 e. The quantitative estimate of drug-likeness (QED) is 0.608. The van der Waals surface area contributed by atoms with Gasteiger partial charge in [0.1, 0.15) is 11.5 Å². The van der Waals surface area contributed by atoms with E-state index in [0.717, 1.165) is 41.0 Å². The van der Waals surface area contributed by atoms with Gasteiger partial charge in [-0.3, -0.25) is 0 Å². The summed E-state index contributed by atoms with van der Waals surface area (Å²) < 4.78 is 6.79. The van der Waals surface area contributed by atoms with E-state index < -0.39 is 0 Å². The van der Waals surface area contributed by atoms with Crippen molar-refractivity contribution in [3.8, 4) is 11.5 Å². The van der Waals surface area contributed by atoms with Crippen LogP contribution >= 0.6 is 39.1 Å². The normalized spacial score (nSPS) is 10.7. The standard InChI is InChI=1S/C16H16BrCl2NO/c1-2-7-20-10-11-8-12(18)3-5-15(11)21-16-6-4-13(19)9-14(16)17/h3-6,8-9,20H,2,7,10H2,1H3. The first kappa shape index (κ1) is 16.6. The smallest absolute Gasteiger partial charge is 0.141 e. The second-order valence-corrected chi connectivity index (χ2v) is 6.33. The summed E-state index contributed by atoms with van der Waals surface area (Å²) in [4.78, 5) is 0. The third-order valence-electron chi connectivity index (χ3n) is 2.88. The van der Waals surface area contributed by atoms with E-state index in [1.54, 1.807) is 6.07 Å². The van der Waals surface area contributed by atoms with Gasteiger partial charge in [-0.25, -0.2) is 0 Å². The maximum Gasteiger partial charge on any atom is 0.141 e. The number of rotatable bonds is 6. The van der Waals surface area contributed by atoms with Gasteiger partial charge in [-0.1, -0.05) is 30.1 Å². The predicted octanol–water partition coefficient (Wildman–Crippen LogP) is 6.05. The third-order valence-corrected chi connectivity index (χ3v) is 3.97. The molecule has 0 aliphatic rings. The van der Waals surface area contributed by atoms with Crippen LogP contribution < -0.4 is 10.1 Å². The molecule has 0 atom stereocenters. The van der Waals surface area contributed by atoms with Crippen LogP contribution in [-0.2, 0) is 6.54 Å². The minimum atomic E-state index is 0.662. The molecule has 2 rings (SSSR count). The summed E-state index contributed by atoms with van der Waals surface area (Å²) in [5.41, 5.74) is 1.03. The monoisotopic (exact) mass is 387 g/mol. The molecule has 2 aromatic rings. The van der Waals surface area contributed by atoms with Crippen LogP contribution in [0.4, 0.5) is 0 Å². The molecule has 0 aromatic heterocycles. The van der Waals surface area contributed by atoms with Crippen molar-refractivity contribution < 1.29 is 4.74 Å². The van der Waals surface area contributed by atoms with Crippen molar-refractivity contribution in [2.75, 3.05) is 6.54 Å². The molecule has 0 saturated carbocycles. The number of benzene rings is 2. The van der Waals surface area contributed by atoms with E-state index in [4.69, 9.17) is 27.9 Å². The van der Waals surface area contributed by atoms with Crippen LogP contribution in [0.2, 0.25) is 10.0 Å². The van der Waals surface area contributed by atoms with Crippen LogP contribution in [-0.4, -0.2) is 6.54 Å². The number of nitrogens with one attached hydrogen (secondary N) is 1. The van der Waals surface area contributed by atoms with E-state index in [9.17, 15) is 0 Å². The van der Waals surface area contributed by atoms with Crippen molar-refractivity contribution in [3.63, 3.8) is 0 Å². The highest BCUT2D eigenvalue weighted by atomic mass is 79.9. The van der Waals surface area contributed by atoms with Gasteiger partial charge >= 0.3 is 0 Å². The van der Waals surface area contributed by atoms with Crippen LogP contribution in [0, 0.1) is 0 Å². The molecule has 0 radical (unpaired) electrons. The summed E-state index contributed by atoms with van der Waals surface area (Å²) >= 11 is 15.5. The zero-order valence-electron chi connectivity index (χ0n) is 11.6. The van der Waals surface area contributed by atoms with Crippen LogP contribution in [0.1, 0.15) is 18.9 Å². The molecule has 0 fully saturated rings. The molecular weight excluding hydrogens is 373 g/mol. The lowest BCUT2D eigenvalue weighted by Crippen LogP contribution is -2.14. The van der Waals surface area contributed by atoms with Gasteiger partial charge in [0, 0.05) is 22.2 Å². The van der Waals surface area contributed by atoms with Gasteiger partial charge in [0.2, 0.25) is 0 Å². The fourth-order valence-electron chi connectivity index (χ4n) is 1.86. The highest BCUT2D eigenvalue weighted by molar-refractivity contribution is 9.10. The summed E-state index contributed by atoms with van der Waals surface area (Å²) in [6, 6.07) is 11.1. The van der Waals surface area contributed by atoms with Crippen LogP contribution in [0.5, 0.6) is 11.5 Å². The van der Waals surface area contributed by atoms with Gasteiger partial charge < -0.3 is 10.1 Å². The molecular formula is C16H16BrCl2NO. The Bertz CT molecular complexity index is 619. The Labute approximate surface area is 143 Å². The molecule has 5 heteroatoms. The maximum absolute atomic E-state index is 6.07. The third kappa shape index (κ3) is 4.89. The molecule has 21 heavy (non-hydrogen) atoms. The first-order chi connectivity index (χ1) is 10.1. The van der Waals surface area contributed by atoms with E-state index in [2.05, 4.69) is 28.2 Å². The number of hydrogen-bond donors (Lipinski definition) is 1. The van der Waals surface area contributed by atoms with Crippen molar-refractivity contribution in [1.82, 2.24) is 5.32 Å². The van der Waals surface area contributed by atoms with Crippen LogP contribution in [0.25, 0.3) is 0 Å². The van der Waals surface area contributed by atoms with E-state index in [1.807, 2.05) is 30.3 Å². The zero-order valence-corrected chi connectivity index (χ0v) is 14.7. The van der Waals surface area contributed by atoms with Gasteiger partial charge in [0.05, 0.1) is 4.47 Å². The molecule has 0 unspecified atom stereocenters. The lowest BCUT2D eigenvalue weighted by atomic mass is 10.2. The van der Waals surface area contributed by atoms with Crippen LogP contribution in [0.3, 0.4) is 0 Å². The topological polar surface area (TPSA) is 21.3 Å². The van der Waals surface area contributed by atoms with Gasteiger partial charge in [-0.05, 0) is 65.3 Å². The molecule has 0 aliphatic heterocycles. The maximum atomic E-state index is 6.07. The van der Waals surface area contributed by atoms with Crippen molar-refractivity contribution in [2.45, 2.75) is 19.9 Å². The molecule has 0 saturated heterocycles. The highest BCUT2D eigenvalue weighted by Gasteiger charge is 2.09. The molecule has 1 N–H and O–H groups in total. The summed E-state index contributed by atoms with van der Waals surface area (Å²) in [5, 5.41) is 4.72. The SMILES string of the molecule is CCCNCc1cc(Cl)ccc1Oc1ccc(Cl)cc1Br. The van der Waals surface area contributed by atoms with E-state index in [1.165, 1.54) is 0 Å². The Morgan fingerprint density at radius 2 is 1.71 bits per heavy atom. The second kappa shape index (κ2) is 8.04. The Morgan fingerprint density at radius 1 is 1.05 bits per heavy atom. The van der Waals surface area contributed by atoms with Gasteiger partial charge in [0.25, 0.3) is 0 Å². The summed E-state index contributed by atoms with van der Waals surface area (Å²) in [6.45, 7) is 3.80. The van der Waals surface area contributed by atoms with Crippen molar-refractivity contribution in [3.05, 3.63) is 56.5 Å². The average molecular weight is 389 g/mol. The second-order valence-electron chi connectivity index (χ2n) is 4.61. The van der Waals surface area contributed by atoms with Gasteiger partial charge in [0.15, 0.2) is 0 Å². The number of ether oxygens (including phenoxy) is 1. The molecule has 112 valence electrons. The van der Waals surface area contributed by atoms with Crippen molar-refractivity contribution in [2.24, 2.45) is 0 Å². The molecule has 0 spiro atoms. The van der Waals surface area contributed by atoms with E-state index in [-0.39, 0.29) is 0 Å². The average Bonchev–Trinajstić information content (AvgIpc) is 2.44. The van der Waals surface area contributed by atoms with Gasteiger partial charge in [-0.2, -0.15) is 0 Å². The molecule has 2 aromatic carbocycles. The lowest BCUT2D eigenvalue weighted by Gasteiger charge is -2.13. The minimum absolute atomic E-state index is 0.662. The zero-order chi connectivity index (χ0) is 15.2. The molecule has 0 amide bonds. The Kier molecular flexibility index (Phi) is 6.37. The Hall–Kier alpha value is -0.740. The fourth-order valence-corrected chi connectivity index (χ4v) is 2.82. The number of hydrogen-bond acceptors (Lipinski definition) is 2. The number of halogens is 3. The summed E-state index contributed by atoms with van der Waals surface area (Å²) in [5.74, 6) is 1.50. The summed E-state index contributed by atoms with van der Waals surface area (Å²) in [6.07, 6.45) is 1.08. The largest absolute Gasteiger partial charge is 0.456 e. The molecule has 2 nitrogen and oxygen atoms in total. The first-order valence-corrected chi connectivity index (χ1v) is 8.27. The fraction of sp³-hybridized carbons (Fsp3) is 0.250. The predicted molar refractivity (Wildman–Crippen MR) is 92.7 cm³/mol. The van der Waals surface area contributed by atoms with Gasteiger partial charge in [-0.15, -0.1) is 0 Å². The lowest BCUT2D eigenvalue weighted by molar-refractivity contribution is 0.470. The van der Waals surface area contributed by atoms with Crippen molar-refractivity contribution >= 4 is 39.1 Å². The molecule has 0 bridgehead atoms. The Morgan fingerprint density at radius 3 is 2.38 bits per heavy atom. The van der Waals surface area contributed by atoms with E-state index in [0.29, 0.717) is 10.0 Å².